The molecule has 0 bridgehead atoms. The van der Waals surface area contributed by atoms with E-state index in [0.29, 0.717) is 23.0 Å². The Labute approximate surface area is 103 Å². The van der Waals surface area contributed by atoms with Crippen molar-refractivity contribution in [1.29, 1.82) is 0 Å². The molecule has 0 aromatic rings. The molecule has 0 aliphatic carbocycles. The van der Waals surface area contributed by atoms with E-state index in [1.165, 1.54) is 0 Å². The van der Waals surface area contributed by atoms with Gasteiger partial charge in [-0.15, -0.1) is 0 Å². The number of allylic oxidation sites excluding steroid dienone is 4. The molecule has 0 aliphatic heterocycles. The first-order valence-electron chi connectivity index (χ1n) is 5.05. The van der Waals surface area contributed by atoms with Crippen molar-refractivity contribution in [3.63, 3.8) is 0 Å². The lowest BCUT2D eigenvalue weighted by Crippen LogP contribution is -2.40. The Balaban J connectivity index is 5.16. The lowest BCUT2D eigenvalue weighted by atomic mass is 10.6. The number of rotatable bonds is 8. The molecule has 0 aliphatic rings. The summed E-state index contributed by atoms with van der Waals surface area (Å²) in [5, 5.41) is 0. The zero-order chi connectivity index (χ0) is 13.6. The number of hydrogen-bond acceptors (Lipinski definition) is 4. The second kappa shape index (κ2) is 6.03. The van der Waals surface area contributed by atoms with Crippen molar-refractivity contribution in [2.45, 2.75) is 33.9 Å². The van der Waals surface area contributed by atoms with E-state index in [1.807, 2.05) is 0 Å². The van der Waals surface area contributed by atoms with Gasteiger partial charge in [-0.25, -0.2) is 0 Å². The topological polar surface area (TPSA) is 36.9 Å². The molecule has 4 heteroatoms. The predicted molar refractivity (Wildman–Crippen MR) is 66.3 cm³/mol. The van der Waals surface area contributed by atoms with Crippen LogP contribution in [0.2, 0.25) is 0 Å². The standard InChI is InChI=1S/C13H20O4/c1-9(2)14-13(15-10(3)4,16-11(5)6)17-12(7)8/h1,3,5,7H2,2,4,6,8H3. The molecule has 4 nitrogen and oxygen atoms in total. The first-order valence-corrected chi connectivity index (χ1v) is 5.05. The summed E-state index contributed by atoms with van der Waals surface area (Å²) < 4.78 is 21.3. The fourth-order valence-electron chi connectivity index (χ4n) is 0.979. The van der Waals surface area contributed by atoms with Crippen molar-refractivity contribution in [2.75, 3.05) is 0 Å². The van der Waals surface area contributed by atoms with Crippen LogP contribution < -0.4 is 0 Å². The van der Waals surface area contributed by atoms with Gasteiger partial charge < -0.3 is 18.9 Å². The first-order chi connectivity index (χ1) is 7.67. The smallest absolute Gasteiger partial charge is 0.391 e. The van der Waals surface area contributed by atoms with Gasteiger partial charge in [-0.1, -0.05) is 26.3 Å². The average Bonchev–Trinajstić information content (AvgIpc) is 1.95. The minimum absolute atomic E-state index is 0.355. The summed E-state index contributed by atoms with van der Waals surface area (Å²) >= 11 is 0. The maximum Gasteiger partial charge on any atom is 0.609 e. The predicted octanol–water partition coefficient (Wildman–Crippen LogP) is 3.80. The third kappa shape index (κ3) is 6.35. The van der Waals surface area contributed by atoms with Crippen LogP contribution in [0, 0.1) is 0 Å². The van der Waals surface area contributed by atoms with Crippen molar-refractivity contribution >= 4 is 0 Å². The Kier molecular flexibility index (Phi) is 5.38. The highest BCUT2D eigenvalue weighted by Gasteiger charge is 2.42. The van der Waals surface area contributed by atoms with Crippen LogP contribution in [0.25, 0.3) is 0 Å². The molecule has 0 saturated heterocycles. The van der Waals surface area contributed by atoms with Gasteiger partial charge in [0.1, 0.15) is 0 Å². The van der Waals surface area contributed by atoms with E-state index >= 15 is 0 Å². The highest BCUT2D eigenvalue weighted by atomic mass is 17.0. The van der Waals surface area contributed by atoms with Gasteiger partial charge in [0, 0.05) is 0 Å². The van der Waals surface area contributed by atoms with E-state index in [4.69, 9.17) is 18.9 Å². The molecule has 0 rings (SSSR count). The van der Waals surface area contributed by atoms with Gasteiger partial charge in [0.05, 0.1) is 23.0 Å². The third-order valence-corrected chi connectivity index (χ3v) is 1.20. The largest absolute Gasteiger partial charge is 0.609 e. The quantitative estimate of drug-likeness (QED) is 0.477. The Morgan fingerprint density at radius 3 is 0.882 bits per heavy atom. The molecule has 0 aromatic heterocycles. The molecule has 0 unspecified atom stereocenters. The summed E-state index contributed by atoms with van der Waals surface area (Å²) in [6.07, 6.45) is -1.81. The van der Waals surface area contributed by atoms with E-state index < -0.39 is 6.16 Å². The molecule has 0 atom stereocenters. The average molecular weight is 240 g/mol. The maximum atomic E-state index is 5.33. The highest BCUT2D eigenvalue weighted by molar-refractivity contribution is 4.86. The summed E-state index contributed by atoms with van der Waals surface area (Å²) in [6.45, 7) is 21.0. The fraction of sp³-hybridized carbons (Fsp3) is 0.385. The van der Waals surface area contributed by atoms with Crippen molar-refractivity contribution in [3.05, 3.63) is 49.4 Å². The van der Waals surface area contributed by atoms with Gasteiger partial charge in [0.15, 0.2) is 0 Å². The molecule has 0 N–H and O–H groups in total. The van der Waals surface area contributed by atoms with Crippen molar-refractivity contribution < 1.29 is 18.9 Å². The van der Waals surface area contributed by atoms with Crippen LogP contribution in [0.1, 0.15) is 27.7 Å². The SMILES string of the molecule is C=C(C)OC(OC(=C)C)(OC(=C)C)OC(=C)C. The van der Waals surface area contributed by atoms with Crippen LogP contribution >= 0.6 is 0 Å². The normalized spacial score (nSPS) is 10.1. The van der Waals surface area contributed by atoms with E-state index in [9.17, 15) is 0 Å². The summed E-state index contributed by atoms with van der Waals surface area (Å²) in [7, 11) is 0. The first kappa shape index (κ1) is 15.2. The summed E-state index contributed by atoms with van der Waals surface area (Å²) in [6, 6.07) is 0. The molecule has 0 saturated carbocycles. The molecular formula is C13H20O4. The third-order valence-electron chi connectivity index (χ3n) is 1.20. The van der Waals surface area contributed by atoms with E-state index in [2.05, 4.69) is 26.3 Å². The van der Waals surface area contributed by atoms with Gasteiger partial charge >= 0.3 is 6.16 Å². The molecular weight excluding hydrogens is 220 g/mol. The molecule has 96 valence electrons. The lowest BCUT2D eigenvalue weighted by Gasteiger charge is -2.32. The van der Waals surface area contributed by atoms with Crippen LogP contribution in [0.15, 0.2) is 49.4 Å². The Hall–Kier alpha value is -1.84. The second-order valence-electron chi connectivity index (χ2n) is 3.72. The van der Waals surface area contributed by atoms with Crippen molar-refractivity contribution in [2.24, 2.45) is 0 Å². The monoisotopic (exact) mass is 240 g/mol. The van der Waals surface area contributed by atoms with Gasteiger partial charge in [-0.3, -0.25) is 0 Å². The van der Waals surface area contributed by atoms with Crippen molar-refractivity contribution in [1.82, 2.24) is 0 Å². The maximum absolute atomic E-state index is 5.33. The van der Waals surface area contributed by atoms with Crippen LogP contribution in [-0.4, -0.2) is 6.16 Å². The van der Waals surface area contributed by atoms with Crippen molar-refractivity contribution in [3.8, 4) is 0 Å². The molecule has 0 radical (unpaired) electrons. The minimum Gasteiger partial charge on any atom is -0.391 e. The zero-order valence-electron chi connectivity index (χ0n) is 11.0. The zero-order valence-corrected chi connectivity index (χ0v) is 11.0. The number of hydrogen-bond donors (Lipinski definition) is 0. The van der Waals surface area contributed by atoms with E-state index in [1.54, 1.807) is 27.7 Å². The molecule has 0 spiro atoms. The van der Waals surface area contributed by atoms with E-state index in [-0.39, 0.29) is 0 Å². The van der Waals surface area contributed by atoms with Crippen LogP contribution in [0.3, 0.4) is 0 Å². The summed E-state index contributed by atoms with van der Waals surface area (Å²) in [4.78, 5) is 0. The summed E-state index contributed by atoms with van der Waals surface area (Å²) in [5.41, 5.74) is 0. The fourth-order valence-corrected chi connectivity index (χ4v) is 0.979. The van der Waals surface area contributed by atoms with Gasteiger partial charge in [0.25, 0.3) is 0 Å². The van der Waals surface area contributed by atoms with Gasteiger partial charge in [-0.05, 0) is 27.7 Å². The van der Waals surface area contributed by atoms with Crippen LogP contribution in [0.5, 0.6) is 0 Å². The van der Waals surface area contributed by atoms with Gasteiger partial charge in [0.2, 0.25) is 0 Å². The molecule has 17 heavy (non-hydrogen) atoms. The Bertz CT molecular complexity index is 272. The summed E-state index contributed by atoms with van der Waals surface area (Å²) in [5.74, 6) is 1.42. The number of ether oxygens (including phenoxy) is 4. The molecule has 0 fully saturated rings. The minimum atomic E-state index is -1.81. The van der Waals surface area contributed by atoms with Gasteiger partial charge in [-0.2, -0.15) is 0 Å². The second-order valence-corrected chi connectivity index (χ2v) is 3.72. The molecule has 0 aromatic carbocycles. The van der Waals surface area contributed by atoms with Crippen LogP contribution in [-0.2, 0) is 18.9 Å². The Morgan fingerprint density at radius 2 is 0.765 bits per heavy atom. The molecule has 0 amide bonds. The highest BCUT2D eigenvalue weighted by Crippen LogP contribution is 2.27. The Morgan fingerprint density at radius 1 is 0.588 bits per heavy atom. The van der Waals surface area contributed by atoms with E-state index in [0.717, 1.165) is 0 Å². The van der Waals surface area contributed by atoms with Crippen LogP contribution in [0.4, 0.5) is 0 Å². The molecule has 0 heterocycles. The lowest BCUT2D eigenvalue weighted by molar-refractivity contribution is -0.454.